The topological polar surface area (TPSA) is 55.6 Å². The summed E-state index contributed by atoms with van der Waals surface area (Å²) < 4.78 is 10.5. The smallest absolute Gasteiger partial charge is 0.297 e. The molecule has 0 N–H and O–H groups in total. The third-order valence-corrected chi connectivity index (χ3v) is 3.36. The molecule has 1 aliphatic rings. The summed E-state index contributed by atoms with van der Waals surface area (Å²) in [4.78, 5) is 14.4. The summed E-state index contributed by atoms with van der Waals surface area (Å²) in [7, 11) is 0. The van der Waals surface area contributed by atoms with Crippen molar-refractivity contribution >= 4 is 11.6 Å². The summed E-state index contributed by atoms with van der Waals surface area (Å²) in [5, 5.41) is 3.79. The number of rotatable bonds is 3. The predicted octanol–water partition coefficient (Wildman–Crippen LogP) is 2.42. The van der Waals surface area contributed by atoms with Crippen LogP contribution < -0.4 is 4.90 Å². The highest BCUT2D eigenvalue weighted by molar-refractivity contribution is 6.04. The molecular formula is C15H16N2O3. The minimum absolute atomic E-state index is 0.0373. The molecule has 5 heteroatoms. The van der Waals surface area contributed by atoms with E-state index in [1.807, 2.05) is 30.3 Å². The first kappa shape index (κ1) is 12.9. The highest BCUT2D eigenvalue weighted by Crippen LogP contribution is 2.24. The molecule has 2 heterocycles. The van der Waals surface area contributed by atoms with E-state index in [4.69, 9.17) is 9.26 Å². The van der Waals surface area contributed by atoms with Gasteiger partial charge in [0.25, 0.3) is 5.91 Å². The number of nitrogens with zero attached hydrogens (tertiary/aromatic N) is 2. The maximum Gasteiger partial charge on any atom is 0.297 e. The molecule has 0 spiro atoms. The second kappa shape index (κ2) is 5.46. The number of carbonyl (C=O) groups excluding carboxylic acids is 1. The van der Waals surface area contributed by atoms with E-state index < -0.39 is 0 Å². The first-order chi connectivity index (χ1) is 9.75. The molecule has 0 saturated carbocycles. The Balaban J connectivity index is 1.95. The Morgan fingerprint density at radius 3 is 2.75 bits per heavy atom. The zero-order chi connectivity index (χ0) is 13.9. The van der Waals surface area contributed by atoms with Gasteiger partial charge in [0.1, 0.15) is 0 Å². The maximum atomic E-state index is 12.7. The SMILES string of the molecule is Cc1cc(C(=O)N(c2ccccc2)[C@H]2CCOC2)on1. The molecule has 0 aliphatic carbocycles. The second-order valence-electron chi connectivity index (χ2n) is 4.86. The standard InChI is InChI=1S/C15H16N2O3/c1-11-9-14(20-16-11)15(18)17(13-7-8-19-10-13)12-5-3-2-4-6-12/h2-6,9,13H,7-8,10H2,1H3/t13-/m0/s1. The molecule has 3 rings (SSSR count). The van der Waals surface area contributed by atoms with Crippen molar-refractivity contribution in [3.05, 3.63) is 47.9 Å². The molecule has 1 amide bonds. The van der Waals surface area contributed by atoms with Crippen LogP contribution >= 0.6 is 0 Å². The van der Waals surface area contributed by atoms with E-state index in [1.54, 1.807) is 17.9 Å². The Morgan fingerprint density at radius 1 is 1.35 bits per heavy atom. The molecule has 1 aromatic heterocycles. The van der Waals surface area contributed by atoms with Crippen molar-refractivity contribution in [1.29, 1.82) is 0 Å². The fraction of sp³-hybridized carbons (Fsp3) is 0.333. The monoisotopic (exact) mass is 272 g/mol. The van der Waals surface area contributed by atoms with Gasteiger partial charge >= 0.3 is 0 Å². The molecule has 0 unspecified atom stereocenters. The molecular weight excluding hydrogens is 256 g/mol. The van der Waals surface area contributed by atoms with Crippen molar-refractivity contribution in [3.63, 3.8) is 0 Å². The van der Waals surface area contributed by atoms with Crippen molar-refractivity contribution in [2.45, 2.75) is 19.4 Å². The number of aryl methyl sites for hydroxylation is 1. The number of hydrogen-bond donors (Lipinski definition) is 0. The van der Waals surface area contributed by atoms with Crippen LogP contribution in [0.15, 0.2) is 40.9 Å². The van der Waals surface area contributed by atoms with Gasteiger partial charge < -0.3 is 14.2 Å². The minimum Gasteiger partial charge on any atom is -0.379 e. The molecule has 104 valence electrons. The predicted molar refractivity (Wildman–Crippen MR) is 73.7 cm³/mol. The number of amides is 1. The molecule has 1 atom stereocenters. The van der Waals surface area contributed by atoms with Crippen LogP contribution in [0.4, 0.5) is 5.69 Å². The van der Waals surface area contributed by atoms with Gasteiger partial charge in [-0.05, 0) is 25.5 Å². The van der Waals surface area contributed by atoms with Crippen LogP contribution in [0.1, 0.15) is 22.7 Å². The summed E-state index contributed by atoms with van der Waals surface area (Å²) in [6.07, 6.45) is 0.827. The first-order valence-corrected chi connectivity index (χ1v) is 6.65. The molecule has 1 aromatic carbocycles. The third-order valence-electron chi connectivity index (χ3n) is 3.36. The average Bonchev–Trinajstić information content (AvgIpc) is 3.12. The number of para-hydroxylation sites is 1. The normalized spacial score (nSPS) is 18.1. The molecule has 1 aliphatic heterocycles. The summed E-state index contributed by atoms with van der Waals surface area (Å²) in [6.45, 7) is 3.02. The van der Waals surface area contributed by atoms with Gasteiger partial charge in [-0.1, -0.05) is 23.4 Å². The van der Waals surface area contributed by atoms with E-state index in [9.17, 15) is 4.79 Å². The van der Waals surface area contributed by atoms with E-state index in [0.29, 0.717) is 18.9 Å². The van der Waals surface area contributed by atoms with Crippen LogP contribution in [0, 0.1) is 6.92 Å². The molecule has 5 nitrogen and oxygen atoms in total. The van der Waals surface area contributed by atoms with Gasteiger partial charge in [-0.2, -0.15) is 0 Å². The lowest BCUT2D eigenvalue weighted by Crippen LogP contribution is -2.40. The van der Waals surface area contributed by atoms with Crippen molar-refractivity contribution < 1.29 is 14.1 Å². The largest absolute Gasteiger partial charge is 0.379 e. The minimum atomic E-state index is -0.174. The Hall–Kier alpha value is -2.14. The van der Waals surface area contributed by atoms with Gasteiger partial charge in [0, 0.05) is 18.4 Å². The van der Waals surface area contributed by atoms with Gasteiger partial charge in [-0.15, -0.1) is 0 Å². The van der Waals surface area contributed by atoms with Gasteiger partial charge in [-0.25, -0.2) is 0 Å². The Labute approximate surface area is 117 Å². The van der Waals surface area contributed by atoms with Crippen LogP contribution in [-0.2, 0) is 4.74 Å². The molecule has 1 saturated heterocycles. The summed E-state index contributed by atoms with van der Waals surface area (Å²) in [5.74, 6) is 0.0885. The lowest BCUT2D eigenvalue weighted by molar-refractivity contribution is 0.0936. The van der Waals surface area contributed by atoms with Crippen LogP contribution in [0.25, 0.3) is 0 Å². The molecule has 0 bridgehead atoms. The van der Waals surface area contributed by atoms with E-state index >= 15 is 0 Å². The van der Waals surface area contributed by atoms with Crippen molar-refractivity contribution in [1.82, 2.24) is 5.16 Å². The van der Waals surface area contributed by atoms with Gasteiger partial charge in [-0.3, -0.25) is 4.79 Å². The van der Waals surface area contributed by atoms with E-state index in [1.165, 1.54) is 0 Å². The van der Waals surface area contributed by atoms with Crippen molar-refractivity contribution in [3.8, 4) is 0 Å². The molecule has 1 fully saturated rings. The Morgan fingerprint density at radius 2 is 2.15 bits per heavy atom. The first-order valence-electron chi connectivity index (χ1n) is 6.65. The molecule has 0 radical (unpaired) electrons. The average molecular weight is 272 g/mol. The van der Waals surface area contributed by atoms with Crippen molar-refractivity contribution in [2.24, 2.45) is 0 Å². The van der Waals surface area contributed by atoms with Crippen LogP contribution in [-0.4, -0.2) is 30.3 Å². The lowest BCUT2D eigenvalue weighted by atomic mass is 10.1. The number of hydrogen-bond acceptors (Lipinski definition) is 4. The van der Waals surface area contributed by atoms with Crippen LogP contribution in [0.5, 0.6) is 0 Å². The Bertz CT molecular complexity index is 588. The van der Waals surface area contributed by atoms with E-state index in [-0.39, 0.29) is 17.7 Å². The van der Waals surface area contributed by atoms with Gasteiger partial charge in [0.05, 0.1) is 18.3 Å². The molecule has 20 heavy (non-hydrogen) atoms. The fourth-order valence-corrected chi connectivity index (χ4v) is 2.39. The van der Waals surface area contributed by atoms with Crippen LogP contribution in [0.3, 0.4) is 0 Å². The quantitative estimate of drug-likeness (QED) is 0.861. The molecule has 2 aromatic rings. The van der Waals surface area contributed by atoms with Gasteiger partial charge in [0.15, 0.2) is 0 Å². The van der Waals surface area contributed by atoms with E-state index in [2.05, 4.69) is 5.16 Å². The highest BCUT2D eigenvalue weighted by Gasteiger charge is 2.31. The second-order valence-corrected chi connectivity index (χ2v) is 4.86. The number of ether oxygens (including phenoxy) is 1. The van der Waals surface area contributed by atoms with Gasteiger partial charge in [0.2, 0.25) is 5.76 Å². The summed E-state index contributed by atoms with van der Waals surface area (Å²) in [6, 6.07) is 11.3. The third kappa shape index (κ3) is 2.44. The summed E-state index contributed by atoms with van der Waals surface area (Å²) in [5.41, 5.74) is 1.55. The fourth-order valence-electron chi connectivity index (χ4n) is 2.39. The van der Waals surface area contributed by atoms with Crippen molar-refractivity contribution in [2.75, 3.05) is 18.1 Å². The highest BCUT2D eigenvalue weighted by atomic mass is 16.5. The Kier molecular flexibility index (Phi) is 3.52. The lowest BCUT2D eigenvalue weighted by Gasteiger charge is -2.27. The maximum absolute atomic E-state index is 12.7. The van der Waals surface area contributed by atoms with E-state index in [0.717, 1.165) is 12.1 Å². The summed E-state index contributed by atoms with van der Waals surface area (Å²) >= 11 is 0. The number of benzene rings is 1. The number of carbonyl (C=O) groups is 1. The number of aromatic nitrogens is 1. The zero-order valence-electron chi connectivity index (χ0n) is 11.3. The van der Waals surface area contributed by atoms with Crippen LogP contribution in [0.2, 0.25) is 0 Å². The zero-order valence-corrected chi connectivity index (χ0v) is 11.3. The number of anilines is 1.